The van der Waals surface area contributed by atoms with Crippen molar-refractivity contribution in [3.05, 3.63) is 33.8 Å². The Kier molecular flexibility index (Phi) is 7.56. The maximum absolute atomic E-state index is 5.14. The first kappa shape index (κ1) is 15.7. The van der Waals surface area contributed by atoms with Crippen LogP contribution in [0.1, 0.15) is 43.4 Å². The van der Waals surface area contributed by atoms with Gasteiger partial charge in [0.2, 0.25) is 0 Å². The van der Waals surface area contributed by atoms with Crippen LogP contribution < -0.4 is 5.32 Å². The number of hydrogen-bond acceptors (Lipinski definition) is 2. The third-order valence-electron chi connectivity index (χ3n) is 3.08. The van der Waals surface area contributed by atoms with E-state index in [-0.39, 0.29) is 0 Å². The highest BCUT2D eigenvalue weighted by Crippen LogP contribution is 2.24. The lowest BCUT2D eigenvalue weighted by atomic mass is 10.0. The van der Waals surface area contributed by atoms with Crippen molar-refractivity contribution in [3.63, 3.8) is 0 Å². The summed E-state index contributed by atoms with van der Waals surface area (Å²) in [4.78, 5) is 0. The zero-order valence-corrected chi connectivity index (χ0v) is 13.2. The summed E-state index contributed by atoms with van der Waals surface area (Å²) in [7, 11) is 1.76. The van der Waals surface area contributed by atoms with Gasteiger partial charge in [-0.2, -0.15) is 0 Å². The number of aryl methyl sites for hydroxylation is 1. The molecule has 1 rings (SSSR count). The van der Waals surface area contributed by atoms with E-state index in [1.54, 1.807) is 7.11 Å². The van der Waals surface area contributed by atoms with Crippen molar-refractivity contribution in [2.24, 2.45) is 0 Å². The molecule has 0 aliphatic heterocycles. The fourth-order valence-corrected chi connectivity index (χ4v) is 2.36. The number of hydrogen-bond donors (Lipinski definition) is 1. The van der Waals surface area contributed by atoms with Crippen molar-refractivity contribution < 1.29 is 4.74 Å². The molecule has 1 atom stereocenters. The van der Waals surface area contributed by atoms with Crippen LogP contribution in [-0.4, -0.2) is 20.3 Å². The quantitative estimate of drug-likeness (QED) is 0.725. The summed E-state index contributed by atoms with van der Waals surface area (Å²) in [6.45, 7) is 6.21. The van der Waals surface area contributed by atoms with E-state index in [1.165, 1.54) is 15.6 Å². The minimum Gasteiger partial charge on any atom is -0.385 e. The fourth-order valence-electron chi connectivity index (χ4n) is 1.96. The molecule has 0 radical (unpaired) electrons. The zero-order valence-electron chi connectivity index (χ0n) is 11.6. The maximum atomic E-state index is 5.14. The Bertz CT molecular complexity index is 354. The predicted octanol–water partition coefficient (Wildman–Crippen LogP) is 4.22. The minimum atomic E-state index is 0.428. The molecule has 0 bridgehead atoms. The van der Waals surface area contributed by atoms with E-state index in [9.17, 15) is 0 Å². The summed E-state index contributed by atoms with van der Waals surface area (Å²) >= 11 is 3.61. The average Bonchev–Trinajstić information content (AvgIpc) is 2.37. The van der Waals surface area contributed by atoms with Crippen LogP contribution in [0.4, 0.5) is 0 Å². The zero-order chi connectivity index (χ0) is 13.4. The number of nitrogens with one attached hydrogen (secondary N) is 1. The smallest absolute Gasteiger partial charge is 0.0462 e. The number of ether oxygens (including phenoxy) is 1. The summed E-state index contributed by atoms with van der Waals surface area (Å²) < 4.78 is 6.33. The van der Waals surface area contributed by atoms with Gasteiger partial charge in [-0.3, -0.25) is 0 Å². The van der Waals surface area contributed by atoms with Gasteiger partial charge in [-0.1, -0.05) is 35.0 Å². The Labute approximate surface area is 119 Å². The molecular formula is C15H24BrNO. The van der Waals surface area contributed by atoms with Gasteiger partial charge in [0.1, 0.15) is 0 Å². The average molecular weight is 314 g/mol. The molecule has 0 aromatic heterocycles. The Morgan fingerprint density at radius 2 is 2.17 bits per heavy atom. The van der Waals surface area contributed by atoms with Gasteiger partial charge in [0, 0.05) is 24.2 Å². The first-order valence-electron chi connectivity index (χ1n) is 6.67. The predicted molar refractivity (Wildman–Crippen MR) is 81.0 cm³/mol. The van der Waals surface area contributed by atoms with E-state index >= 15 is 0 Å². The molecule has 18 heavy (non-hydrogen) atoms. The van der Waals surface area contributed by atoms with Crippen LogP contribution in [0.15, 0.2) is 22.7 Å². The molecule has 2 nitrogen and oxygen atoms in total. The SMILES string of the molecule is CCCNC(CCCOC)c1ccc(C)c(Br)c1. The van der Waals surface area contributed by atoms with E-state index in [2.05, 4.69) is 53.3 Å². The van der Waals surface area contributed by atoms with E-state index in [1.807, 2.05) is 0 Å². The molecule has 3 heteroatoms. The molecule has 1 unspecified atom stereocenters. The number of methoxy groups -OCH3 is 1. The summed E-state index contributed by atoms with van der Waals surface area (Å²) in [5, 5.41) is 3.61. The topological polar surface area (TPSA) is 21.3 Å². The van der Waals surface area contributed by atoms with Crippen molar-refractivity contribution in [2.75, 3.05) is 20.3 Å². The molecule has 0 heterocycles. The fraction of sp³-hybridized carbons (Fsp3) is 0.600. The van der Waals surface area contributed by atoms with Crippen LogP contribution in [0.5, 0.6) is 0 Å². The second-order valence-electron chi connectivity index (χ2n) is 4.65. The summed E-state index contributed by atoms with van der Waals surface area (Å²) in [5.74, 6) is 0. The Morgan fingerprint density at radius 3 is 2.78 bits per heavy atom. The molecule has 0 spiro atoms. The standard InChI is InChI=1S/C15H24BrNO/c1-4-9-17-15(6-5-10-18-3)13-8-7-12(2)14(16)11-13/h7-8,11,15,17H,4-6,9-10H2,1-3H3. The second kappa shape index (κ2) is 8.68. The van der Waals surface area contributed by atoms with Crippen LogP contribution in [0.25, 0.3) is 0 Å². The molecule has 0 saturated heterocycles. The van der Waals surface area contributed by atoms with Crippen molar-refractivity contribution in [1.29, 1.82) is 0 Å². The second-order valence-corrected chi connectivity index (χ2v) is 5.50. The highest BCUT2D eigenvalue weighted by molar-refractivity contribution is 9.10. The van der Waals surface area contributed by atoms with Crippen LogP contribution >= 0.6 is 15.9 Å². The molecule has 0 saturated carbocycles. The lowest BCUT2D eigenvalue weighted by Crippen LogP contribution is -2.22. The molecule has 0 amide bonds. The van der Waals surface area contributed by atoms with E-state index in [4.69, 9.17) is 4.74 Å². The number of rotatable bonds is 8. The van der Waals surface area contributed by atoms with Crippen LogP contribution in [0.2, 0.25) is 0 Å². The van der Waals surface area contributed by atoms with Gasteiger partial charge in [0.25, 0.3) is 0 Å². The van der Waals surface area contributed by atoms with Crippen LogP contribution in [0, 0.1) is 6.92 Å². The molecule has 0 aliphatic rings. The van der Waals surface area contributed by atoms with Crippen LogP contribution in [0.3, 0.4) is 0 Å². The third kappa shape index (κ3) is 5.09. The normalized spacial score (nSPS) is 12.7. The van der Waals surface area contributed by atoms with E-state index < -0.39 is 0 Å². The Hall–Kier alpha value is -0.380. The number of benzene rings is 1. The summed E-state index contributed by atoms with van der Waals surface area (Å²) in [5.41, 5.74) is 2.64. The Morgan fingerprint density at radius 1 is 1.39 bits per heavy atom. The lowest BCUT2D eigenvalue weighted by Gasteiger charge is -2.19. The van der Waals surface area contributed by atoms with Gasteiger partial charge in [-0.15, -0.1) is 0 Å². The van der Waals surface area contributed by atoms with Gasteiger partial charge in [-0.25, -0.2) is 0 Å². The summed E-state index contributed by atoms with van der Waals surface area (Å²) in [6.07, 6.45) is 3.36. The largest absolute Gasteiger partial charge is 0.385 e. The van der Waals surface area contributed by atoms with Gasteiger partial charge in [0.05, 0.1) is 0 Å². The highest BCUT2D eigenvalue weighted by Gasteiger charge is 2.11. The monoisotopic (exact) mass is 313 g/mol. The Balaban J connectivity index is 2.70. The first-order chi connectivity index (χ1) is 8.69. The third-order valence-corrected chi connectivity index (χ3v) is 3.93. The van der Waals surface area contributed by atoms with E-state index in [0.29, 0.717) is 6.04 Å². The first-order valence-corrected chi connectivity index (χ1v) is 7.46. The lowest BCUT2D eigenvalue weighted by molar-refractivity contribution is 0.188. The molecule has 1 aromatic carbocycles. The maximum Gasteiger partial charge on any atom is 0.0462 e. The molecule has 0 fully saturated rings. The molecule has 102 valence electrons. The van der Waals surface area contributed by atoms with Crippen molar-refractivity contribution in [1.82, 2.24) is 5.32 Å². The van der Waals surface area contributed by atoms with Crippen molar-refractivity contribution >= 4 is 15.9 Å². The molecule has 1 aromatic rings. The molecule has 1 N–H and O–H groups in total. The highest BCUT2D eigenvalue weighted by atomic mass is 79.9. The van der Waals surface area contributed by atoms with Crippen molar-refractivity contribution in [2.45, 2.75) is 39.2 Å². The molecule has 0 aliphatic carbocycles. The molecular weight excluding hydrogens is 290 g/mol. The van der Waals surface area contributed by atoms with Gasteiger partial charge in [0.15, 0.2) is 0 Å². The minimum absolute atomic E-state index is 0.428. The number of halogens is 1. The van der Waals surface area contributed by atoms with Gasteiger partial charge in [-0.05, 0) is 49.9 Å². The van der Waals surface area contributed by atoms with Crippen molar-refractivity contribution in [3.8, 4) is 0 Å². The van der Waals surface area contributed by atoms with Gasteiger partial charge < -0.3 is 10.1 Å². The van der Waals surface area contributed by atoms with E-state index in [0.717, 1.165) is 32.4 Å². The van der Waals surface area contributed by atoms with Crippen LogP contribution in [-0.2, 0) is 4.74 Å². The summed E-state index contributed by atoms with van der Waals surface area (Å²) in [6, 6.07) is 7.06. The van der Waals surface area contributed by atoms with Gasteiger partial charge >= 0.3 is 0 Å².